The van der Waals surface area contributed by atoms with Crippen LogP contribution in [0.25, 0.3) is 0 Å². The van der Waals surface area contributed by atoms with Gasteiger partial charge in [-0.3, -0.25) is 9.59 Å². The predicted molar refractivity (Wildman–Crippen MR) is 123 cm³/mol. The number of hydrogen-bond donors (Lipinski definition) is 1. The van der Waals surface area contributed by atoms with E-state index < -0.39 is 0 Å². The van der Waals surface area contributed by atoms with Gasteiger partial charge in [-0.1, -0.05) is 60.7 Å². The lowest BCUT2D eigenvalue weighted by molar-refractivity contribution is -0.128. The second-order valence-corrected chi connectivity index (χ2v) is 8.36. The van der Waals surface area contributed by atoms with Crippen LogP contribution in [0.4, 0.5) is 0 Å². The number of carbonyl (C=O) groups excluding carboxylic acids is 2. The molecule has 3 aromatic carbocycles. The van der Waals surface area contributed by atoms with Crippen molar-refractivity contribution in [3.8, 4) is 5.75 Å². The molecule has 0 unspecified atom stereocenters. The van der Waals surface area contributed by atoms with E-state index in [0.717, 1.165) is 22.4 Å². The molecule has 1 aliphatic heterocycles. The minimum absolute atomic E-state index is 0.0432. The van der Waals surface area contributed by atoms with Crippen molar-refractivity contribution in [2.45, 2.75) is 18.5 Å². The summed E-state index contributed by atoms with van der Waals surface area (Å²) < 4.78 is 5.33. The molecule has 158 valence electrons. The van der Waals surface area contributed by atoms with E-state index in [9.17, 15) is 9.59 Å². The number of carbonyl (C=O) groups is 2. The number of para-hydroxylation sites is 1. The van der Waals surface area contributed by atoms with Gasteiger partial charge in [0.1, 0.15) is 11.1 Å². The molecule has 0 aliphatic carbocycles. The van der Waals surface area contributed by atoms with Crippen LogP contribution in [0.5, 0.6) is 5.75 Å². The molecule has 1 fully saturated rings. The highest BCUT2D eigenvalue weighted by molar-refractivity contribution is 8.00. The second kappa shape index (κ2) is 9.71. The minimum Gasteiger partial charge on any atom is -0.496 e. The van der Waals surface area contributed by atoms with Crippen molar-refractivity contribution in [3.05, 3.63) is 101 Å². The molecule has 0 aromatic heterocycles. The topological polar surface area (TPSA) is 58.6 Å². The SMILES string of the molecule is COc1ccccc1CNC(=O)c1ccc([C@H]2SCC(=O)N2Cc2ccccc2)cc1. The van der Waals surface area contributed by atoms with E-state index in [1.165, 1.54) is 0 Å². The van der Waals surface area contributed by atoms with E-state index >= 15 is 0 Å². The molecule has 1 saturated heterocycles. The first-order valence-corrected chi connectivity index (χ1v) is 11.2. The zero-order valence-corrected chi connectivity index (χ0v) is 18.1. The lowest BCUT2D eigenvalue weighted by Gasteiger charge is -2.24. The number of hydrogen-bond acceptors (Lipinski definition) is 4. The van der Waals surface area contributed by atoms with Crippen molar-refractivity contribution in [2.75, 3.05) is 12.9 Å². The third-order valence-electron chi connectivity index (χ3n) is 5.25. The van der Waals surface area contributed by atoms with Gasteiger partial charge in [-0.15, -0.1) is 11.8 Å². The maximum atomic E-state index is 12.6. The highest BCUT2D eigenvalue weighted by Crippen LogP contribution is 2.39. The average molecular weight is 433 g/mol. The Kier molecular flexibility index (Phi) is 6.57. The number of nitrogens with one attached hydrogen (secondary N) is 1. The Morgan fingerprint density at radius 3 is 2.48 bits per heavy atom. The molecule has 6 heteroatoms. The molecule has 2 amide bonds. The summed E-state index contributed by atoms with van der Waals surface area (Å²) in [7, 11) is 1.62. The Morgan fingerprint density at radius 1 is 1.03 bits per heavy atom. The molecule has 1 atom stereocenters. The first kappa shape index (κ1) is 21.0. The van der Waals surface area contributed by atoms with Crippen LogP contribution in [-0.4, -0.2) is 29.6 Å². The van der Waals surface area contributed by atoms with Crippen LogP contribution in [0.2, 0.25) is 0 Å². The van der Waals surface area contributed by atoms with Gasteiger partial charge in [-0.2, -0.15) is 0 Å². The van der Waals surface area contributed by atoms with E-state index in [0.29, 0.717) is 24.4 Å². The third kappa shape index (κ3) is 4.91. The zero-order valence-electron chi connectivity index (χ0n) is 17.3. The summed E-state index contributed by atoms with van der Waals surface area (Å²) in [5, 5.41) is 2.90. The number of ether oxygens (including phenoxy) is 1. The lowest BCUT2D eigenvalue weighted by atomic mass is 10.1. The number of amides is 2. The molecule has 0 radical (unpaired) electrons. The van der Waals surface area contributed by atoms with Gasteiger partial charge >= 0.3 is 0 Å². The summed E-state index contributed by atoms with van der Waals surface area (Å²) >= 11 is 1.62. The predicted octanol–water partition coefficient (Wildman–Crippen LogP) is 4.40. The fourth-order valence-corrected chi connectivity index (χ4v) is 4.79. The summed E-state index contributed by atoms with van der Waals surface area (Å²) in [6, 6.07) is 25.1. The maximum Gasteiger partial charge on any atom is 0.251 e. The van der Waals surface area contributed by atoms with Crippen molar-refractivity contribution in [1.29, 1.82) is 0 Å². The van der Waals surface area contributed by atoms with Gasteiger partial charge in [0.2, 0.25) is 5.91 Å². The molecule has 1 heterocycles. The van der Waals surface area contributed by atoms with Crippen molar-refractivity contribution in [1.82, 2.24) is 10.2 Å². The molecule has 1 aliphatic rings. The number of methoxy groups -OCH3 is 1. The van der Waals surface area contributed by atoms with Crippen molar-refractivity contribution >= 4 is 23.6 Å². The molecular formula is C25H24N2O3S. The summed E-state index contributed by atoms with van der Waals surface area (Å²) in [6.45, 7) is 0.973. The van der Waals surface area contributed by atoms with E-state index in [2.05, 4.69) is 5.32 Å². The van der Waals surface area contributed by atoms with Crippen LogP contribution < -0.4 is 10.1 Å². The van der Waals surface area contributed by atoms with E-state index in [4.69, 9.17) is 4.74 Å². The number of rotatable bonds is 7. The van der Waals surface area contributed by atoms with E-state index in [-0.39, 0.29) is 17.2 Å². The molecular weight excluding hydrogens is 408 g/mol. The molecule has 5 nitrogen and oxygen atoms in total. The van der Waals surface area contributed by atoms with E-state index in [1.807, 2.05) is 83.8 Å². The summed E-state index contributed by atoms with van der Waals surface area (Å²) in [5.74, 6) is 1.21. The van der Waals surface area contributed by atoms with Gasteiger partial charge in [-0.05, 0) is 29.3 Å². The Bertz CT molecular complexity index is 1050. The molecule has 3 aromatic rings. The first-order chi connectivity index (χ1) is 15.2. The van der Waals surface area contributed by atoms with Gasteiger partial charge in [0.25, 0.3) is 5.91 Å². The first-order valence-electron chi connectivity index (χ1n) is 10.1. The van der Waals surface area contributed by atoms with Crippen LogP contribution >= 0.6 is 11.8 Å². The molecule has 31 heavy (non-hydrogen) atoms. The van der Waals surface area contributed by atoms with Crippen LogP contribution in [0, 0.1) is 0 Å². The maximum absolute atomic E-state index is 12.6. The van der Waals surface area contributed by atoms with Crippen LogP contribution in [0.15, 0.2) is 78.9 Å². The average Bonchev–Trinajstić information content (AvgIpc) is 3.18. The van der Waals surface area contributed by atoms with Crippen LogP contribution in [0.1, 0.15) is 32.4 Å². The molecule has 4 rings (SSSR count). The fourth-order valence-electron chi connectivity index (χ4n) is 3.61. The molecule has 0 spiro atoms. The summed E-state index contributed by atoms with van der Waals surface area (Å²) in [6.07, 6.45) is 0. The quantitative estimate of drug-likeness (QED) is 0.601. The highest BCUT2D eigenvalue weighted by atomic mass is 32.2. The Labute approximate surface area is 186 Å². The third-order valence-corrected chi connectivity index (χ3v) is 6.51. The minimum atomic E-state index is -0.145. The largest absolute Gasteiger partial charge is 0.496 e. The van der Waals surface area contributed by atoms with Crippen LogP contribution in [0.3, 0.4) is 0 Å². The molecule has 1 N–H and O–H groups in total. The number of benzene rings is 3. The van der Waals surface area contributed by atoms with Gasteiger partial charge in [0.05, 0.1) is 12.9 Å². The normalized spacial score (nSPS) is 15.7. The monoisotopic (exact) mass is 432 g/mol. The van der Waals surface area contributed by atoms with Gasteiger partial charge in [0, 0.05) is 24.2 Å². The fraction of sp³-hybridized carbons (Fsp3) is 0.200. The van der Waals surface area contributed by atoms with E-state index in [1.54, 1.807) is 18.9 Å². The zero-order chi connectivity index (χ0) is 21.6. The number of nitrogens with zero attached hydrogens (tertiary/aromatic N) is 1. The standard InChI is InChI=1S/C25H24N2O3S/c1-30-22-10-6-5-9-21(22)15-26-24(29)19-11-13-20(14-12-19)25-27(23(28)17-31-25)16-18-7-3-2-4-8-18/h2-14,25H,15-17H2,1H3,(H,26,29)/t25-/m1/s1. The van der Waals surface area contributed by atoms with Crippen LogP contribution in [-0.2, 0) is 17.9 Å². The highest BCUT2D eigenvalue weighted by Gasteiger charge is 2.32. The van der Waals surface area contributed by atoms with Gasteiger partial charge in [0.15, 0.2) is 0 Å². The second-order valence-electron chi connectivity index (χ2n) is 7.29. The summed E-state index contributed by atoms with van der Waals surface area (Å²) in [5.41, 5.74) is 3.64. The van der Waals surface area contributed by atoms with Crippen molar-refractivity contribution in [3.63, 3.8) is 0 Å². The molecule has 0 saturated carbocycles. The Morgan fingerprint density at radius 2 is 1.74 bits per heavy atom. The smallest absolute Gasteiger partial charge is 0.251 e. The summed E-state index contributed by atoms with van der Waals surface area (Å²) in [4.78, 5) is 26.9. The lowest BCUT2D eigenvalue weighted by Crippen LogP contribution is -2.27. The number of thioether (sulfide) groups is 1. The van der Waals surface area contributed by atoms with Gasteiger partial charge in [-0.25, -0.2) is 0 Å². The van der Waals surface area contributed by atoms with Crippen molar-refractivity contribution < 1.29 is 14.3 Å². The van der Waals surface area contributed by atoms with Crippen molar-refractivity contribution in [2.24, 2.45) is 0 Å². The Balaban J connectivity index is 1.42. The Hall–Kier alpha value is -3.25. The van der Waals surface area contributed by atoms with Gasteiger partial charge < -0.3 is 15.0 Å². The molecule has 0 bridgehead atoms.